The molecule has 0 bridgehead atoms. The van der Waals surface area contributed by atoms with Crippen molar-refractivity contribution in [2.24, 2.45) is 4.99 Å². The standard InChI is InChI=1S/C10H11NO3S/c1-14-10(7-11-10)8-15(12,13)9-5-3-2-4-6-9/h2-7H,8H2,1H3. The minimum atomic E-state index is -3.32. The van der Waals surface area contributed by atoms with Gasteiger partial charge in [-0.15, -0.1) is 0 Å². The summed E-state index contributed by atoms with van der Waals surface area (Å²) in [5, 5.41) is 0. The second-order valence-electron chi connectivity index (χ2n) is 3.38. The third kappa shape index (κ3) is 2.08. The van der Waals surface area contributed by atoms with E-state index in [0.29, 0.717) is 4.90 Å². The molecule has 1 aromatic rings. The van der Waals surface area contributed by atoms with Crippen LogP contribution >= 0.6 is 0 Å². The molecule has 1 aliphatic rings. The monoisotopic (exact) mass is 225 g/mol. The highest BCUT2D eigenvalue weighted by Crippen LogP contribution is 2.26. The lowest BCUT2D eigenvalue weighted by atomic mass is 10.4. The molecule has 15 heavy (non-hydrogen) atoms. The number of sulfone groups is 1. The number of hydrogen-bond donors (Lipinski definition) is 0. The molecular formula is C10H11NO3S. The molecule has 0 amide bonds. The van der Waals surface area contributed by atoms with Crippen molar-refractivity contribution in [3.8, 4) is 0 Å². The molecule has 0 N–H and O–H groups in total. The quantitative estimate of drug-likeness (QED) is 0.764. The Hall–Kier alpha value is -1.20. The highest BCUT2D eigenvalue weighted by Gasteiger charge is 2.42. The molecule has 0 aliphatic carbocycles. The van der Waals surface area contributed by atoms with E-state index in [9.17, 15) is 8.42 Å². The van der Waals surface area contributed by atoms with Gasteiger partial charge < -0.3 is 4.74 Å². The lowest BCUT2D eigenvalue weighted by molar-refractivity contribution is 0.111. The van der Waals surface area contributed by atoms with Gasteiger partial charge >= 0.3 is 0 Å². The van der Waals surface area contributed by atoms with Crippen LogP contribution < -0.4 is 0 Å². The van der Waals surface area contributed by atoms with E-state index in [-0.39, 0.29) is 5.75 Å². The normalized spacial score (nSPS) is 24.1. The molecule has 0 saturated heterocycles. The zero-order valence-corrected chi connectivity index (χ0v) is 9.07. The highest BCUT2D eigenvalue weighted by atomic mass is 32.2. The second-order valence-corrected chi connectivity index (χ2v) is 5.37. The number of ether oxygens (including phenoxy) is 1. The van der Waals surface area contributed by atoms with Crippen molar-refractivity contribution < 1.29 is 13.2 Å². The first kappa shape index (κ1) is 10.3. The predicted molar refractivity (Wildman–Crippen MR) is 56.7 cm³/mol. The van der Waals surface area contributed by atoms with Crippen LogP contribution in [-0.4, -0.2) is 33.2 Å². The van der Waals surface area contributed by atoms with Gasteiger partial charge in [-0.1, -0.05) is 18.2 Å². The zero-order chi connectivity index (χ0) is 10.9. The van der Waals surface area contributed by atoms with Gasteiger partial charge in [0, 0.05) is 7.11 Å². The number of rotatable bonds is 4. The van der Waals surface area contributed by atoms with E-state index in [2.05, 4.69) is 4.99 Å². The van der Waals surface area contributed by atoms with Gasteiger partial charge in [0.1, 0.15) is 5.75 Å². The number of hydrogen-bond acceptors (Lipinski definition) is 4. The van der Waals surface area contributed by atoms with Crippen LogP contribution in [0.2, 0.25) is 0 Å². The van der Waals surface area contributed by atoms with E-state index in [1.54, 1.807) is 30.3 Å². The van der Waals surface area contributed by atoms with Crippen LogP contribution in [0.5, 0.6) is 0 Å². The summed E-state index contributed by atoms with van der Waals surface area (Å²) < 4.78 is 28.8. The van der Waals surface area contributed by atoms with Crippen molar-refractivity contribution in [1.82, 2.24) is 0 Å². The Morgan fingerprint density at radius 2 is 1.93 bits per heavy atom. The lowest BCUT2D eigenvalue weighted by Gasteiger charge is -2.11. The van der Waals surface area contributed by atoms with Crippen molar-refractivity contribution in [2.75, 3.05) is 12.9 Å². The van der Waals surface area contributed by atoms with E-state index in [1.165, 1.54) is 13.3 Å². The third-order valence-corrected chi connectivity index (χ3v) is 4.05. The van der Waals surface area contributed by atoms with Crippen LogP contribution in [0.25, 0.3) is 0 Å². The largest absolute Gasteiger partial charge is 0.351 e. The van der Waals surface area contributed by atoms with Crippen LogP contribution in [0.15, 0.2) is 40.2 Å². The summed E-state index contributed by atoms with van der Waals surface area (Å²) in [4.78, 5) is 4.14. The molecule has 4 nitrogen and oxygen atoms in total. The molecule has 0 radical (unpaired) electrons. The van der Waals surface area contributed by atoms with Crippen molar-refractivity contribution in [3.05, 3.63) is 30.3 Å². The summed E-state index contributed by atoms with van der Waals surface area (Å²) in [7, 11) is -1.87. The zero-order valence-electron chi connectivity index (χ0n) is 8.25. The number of nitrogens with zero attached hydrogens (tertiary/aromatic N) is 1. The molecule has 0 fully saturated rings. The minimum Gasteiger partial charge on any atom is -0.351 e. The van der Waals surface area contributed by atoms with Crippen molar-refractivity contribution in [1.29, 1.82) is 0 Å². The van der Waals surface area contributed by atoms with Crippen molar-refractivity contribution >= 4 is 16.1 Å². The Morgan fingerprint density at radius 3 is 2.40 bits per heavy atom. The van der Waals surface area contributed by atoms with Gasteiger partial charge in [-0.05, 0) is 12.1 Å². The van der Waals surface area contributed by atoms with Gasteiger partial charge in [0.2, 0.25) is 5.72 Å². The average Bonchev–Trinajstić information content (AvgIpc) is 2.99. The lowest BCUT2D eigenvalue weighted by Crippen LogP contribution is -2.27. The summed E-state index contributed by atoms with van der Waals surface area (Å²) in [6.07, 6.45) is 1.51. The van der Waals surface area contributed by atoms with E-state index in [0.717, 1.165) is 0 Å². The average molecular weight is 225 g/mol. The molecule has 1 aliphatic heterocycles. The first-order valence-electron chi connectivity index (χ1n) is 4.47. The molecule has 1 heterocycles. The van der Waals surface area contributed by atoms with Gasteiger partial charge in [-0.3, -0.25) is 4.99 Å². The highest BCUT2D eigenvalue weighted by molar-refractivity contribution is 7.91. The van der Waals surface area contributed by atoms with Crippen LogP contribution in [0, 0.1) is 0 Å². The van der Waals surface area contributed by atoms with Crippen LogP contribution in [0.4, 0.5) is 0 Å². The predicted octanol–water partition coefficient (Wildman–Crippen LogP) is 0.887. The molecule has 0 saturated carbocycles. The Bertz CT molecular complexity index is 473. The molecule has 1 atom stereocenters. The molecule has 1 aromatic carbocycles. The molecular weight excluding hydrogens is 214 g/mol. The third-order valence-electron chi connectivity index (χ3n) is 2.27. The minimum absolute atomic E-state index is 0.124. The first-order valence-corrected chi connectivity index (χ1v) is 6.13. The van der Waals surface area contributed by atoms with Gasteiger partial charge in [-0.25, -0.2) is 8.42 Å². The van der Waals surface area contributed by atoms with Crippen molar-refractivity contribution in [3.63, 3.8) is 0 Å². The van der Waals surface area contributed by atoms with Gasteiger partial charge in [0.15, 0.2) is 9.84 Å². The summed E-state index contributed by atoms with van der Waals surface area (Å²) in [6, 6.07) is 8.31. The summed E-state index contributed by atoms with van der Waals surface area (Å²) in [5.74, 6) is -0.124. The summed E-state index contributed by atoms with van der Waals surface area (Å²) in [6.45, 7) is 0. The summed E-state index contributed by atoms with van der Waals surface area (Å²) in [5.41, 5.74) is -0.908. The van der Waals surface area contributed by atoms with Crippen molar-refractivity contribution in [2.45, 2.75) is 10.6 Å². The first-order chi connectivity index (χ1) is 7.08. The Balaban J connectivity index is 2.22. The molecule has 5 heteroatoms. The van der Waals surface area contributed by atoms with E-state index in [1.807, 2.05) is 0 Å². The second kappa shape index (κ2) is 3.43. The maximum atomic E-state index is 11.9. The topological polar surface area (TPSA) is 55.7 Å². The fraction of sp³-hybridized carbons (Fsp3) is 0.300. The van der Waals surface area contributed by atoms with Crippen LogP contribution in [0.1, 0.15) is 0 Å². The van der Waals surface area contributed by atoms with Gasteiger partial charge in [0.25, 0.3) is 0 Å². The SMILES string of the molecule is COC1(CS(=O)(=O)c2ccccc2)C=N1. The molecule has 0 aromatic heterocycles. The van der Waals surface area contributed by atoms with E-state index in [4.69, 9.17) is 4.74 Å². The maximum absolute atomic E-state index is 11.9. The number of benzene rings is 1. The Kier molecular flexibility index (Phi) is 2.36. The Labute approximate surface area is 88.5 Å². The molecule has 80 valence electrons. The smallest absolute Gasteiger partial charge is 0.208 e. The van der Waals surface area contributed by atoms with E-state index < -0.39 is 15.6 Å². The number of methoxy groups -OCH3 is 1. The van der Waals surface area contributed by atoms with Crippen LogP contribution in [0.3, 0.4) is 0 Å². The fourth-order valence-corrected chi connectivity index (χ4v) is 2.84. The van der Waals surface area contributed by atoms with E-state index >= 15 is 0 Å². The van der Waals surface area contributed by atoms with Gasteiger partial charge in [-0.2, -0.15) is 0 Å². The van der Waals surface area contributed by atoms with Crippen LogP contribution in [-0.2, 0) is 14.6 Å². The molecule has 2 rings (SSSR count). The fourth-order valence-electron chi connectivity index (χ4n) is 1.29. The molecule has 1 unspecified atom stereocenters. The number of aliphatic imine (C=N–C) groups is 1. The summed E-state index contributed by atoms with van der Waals surface area (Å²) >= 11 is 0. The Morgan fingerprint density at radius 1 is 1.33 bits per heavy atom. The molecule has 0 spiro atoms. The maximum Gasteiger partial charge on any atom is 0.208 e. The van der Waals surface area contributed by atoms with Gasteiger partial charge in [0.05, 0.1) is 11.1 Å².